The van der Waals surface area contributed by atoms with Gasteiger partial charge in [-0.05, 0) is 73.4 Å². The third kappa shape index (κ3) is 4.24. The molecule has 0 radical (unpaired) electrons. The zero-order chi connectivity index (χ0) is 22.8. The quantitative estimate of drug-likeness (QED) is 0.513. The molecule has 1 aromatic carbocycles. The second-order valence-electron chi connectivity index (χ2n) is 7.95. The topological polar surface area (TPSA) is 85.3 Å². The number of esters is 1. The van der Waals surface area contributed by atoms with Crippen molar-refractivity contribution in [3.63, 3.8) is 0 Å². The zero-order valence-electron chi connectivity index (χ0n) is 17.6. The highest BCUT2D eigenvalue weighted by Gasteiger charge is 2.45. The molecule has 33 heavy (non-hydrogen) atoms. The molecular formula is C25H21FN2O5. The van der Waals surface area contributed by atoms with Gasteiger partial charge in [-0.15, -0.1) is 0 Å². The van der Waals surface area contributed by atoms with Gasteiger partial charge in [0, 0.05) is 5.92 Å². The molecule has 0 spiro atoms. The van der Waals surface area contributed by atoms with E-state index in [1.165, 1.54) is 23.2 Å². The van der Waals surface area contributed by atoms with Crippen molar-refractivity contribution in [2.24, 2.45) is 11.0 Å². The predicted octanol–water partition coefficient (Wildman–Crippen LogP) is 4.99. The standard InChI is InChI=1S/C25H21FN2O5/c26-18-7-1-6-17(13-18)25(30)33-15-22(29)28-24(21-10-4-12-32-21)20-9-2-5-16(23(20)27-28)14-19-8-3-11-31-19/h1,3-4,6-8,10-14,20,24H,2,5,9,15H2. The third-order valence-corrected chi connectivity index (χ3v) is 5.84. The van der Waals surface area contributed by atoms with Gasteiger partial charge in [-0.1, -0.05) is 6.07 Å². The van der Waals surface area contributed by atoms with Crippen LogP contribution in [0.1, 0.15) is 47.2 Å². The number of furan rings is 2. The Morgan fingerprint density at radius 3 is 2.76 bits per heavy atom. The van der Waals surface area contributed by atoms with Crippen molar-refractivity contribution in [1.29, 1.82) is 0 Å². The summed E-state index contributed by atoms with van der Waals surface area (Å²) >= 11 is 0. The summed E-state index contributed by atoms with van der Waals surface area (Å²) in [5.41, 5.74) is 1.85. The van der Waals surface area contributed by atoms with Crippen molar-refractivity contribution in [3.8, 4) is 0 Å². The maximum Gasteiger partial charge on any atom is 0.338 e. The van der Waals surface area contributed by atoms with Crippen molar-refractivity contribution in [2.75, 3.05) is 6.61 Å². The molecule has 7 nitrogen and oxygen atoms in total. The van der Waals surface area contributed by atoms with Gasteiger partial charge in [-0.3, -0.25) is 4.79 Å². The molecule has 1 fully saturated rings. The number of rotatable bonds is 5. The van der Waals surface area contributed by atoms with E-state index in [0.29, 0.717) is 5.76 Å². The van der Waals surface area contributed by atoms with Crippen LogP contribution in [0.15, 0.2) is 80.6 Å². The fraction of sp³-hybridized carbons (Fsp3) is 0.240. The van der Waals surface area contributed by atoms with Gasteiger partial charge in [0.15, 0.2) is 6.61 Å². The summed E-state index contributed by atoms with van der Waals surface area (Å²) in [5.74, 6) is -0.534. The Bertz CT molecular complexity index is 1210. The van der Waals surface area contributed by atoms with Crippen LogP contribution in [-0.2, 0) is 9.53 Å². The van der Waals surface area contributed by atoms with Crippen molar-refractivity contribution in [2.45, 2.75) is 25.3 Å². The molecule has 2 aromatic heterocycles. The lowest BCUT2D eigenvalue weighted by molar-refractivity contribution is -0.137. The number of carbonyl (C=O) groups is 2. The summed E-state index contributed by atoms with van der Waals surface area (Å²) in [5, 5.41) is 6.00. The van der Waals surface area contributed by atoms with Crippen LogP contribution in [-0.4, -0.2) is 29.2 Å². The van der Waals surface area contributed by atoms with E-state index >= 15 is 0 Å². The fourth-order valence-corrected chi connectivity index (χ4v) is 4.38. The number of nitrogens with zero attached hydrogens (tertiary/aromatic N) is 2. The number of benzene rings is 1. The van der Waals surface area contributed by atoms with Gasteiger partial charge in [-0.2, -0.15) is 5.10 Å². The van der Waals surface area contributed by atoms with Crippen LogP contribution >= 0.6 is 0 Å². The molecule has 1 aliphatic carbocycles. The smallest absolute Gasteiger partial charge is 0.338 e. The molecule has 0 bridgehead atoms. The highest BCUT2D eigenvalue weighted by atomic mass is 19.1. The van der Waals surface area contributed by atoms with E-state index in [0.717, 1.165) is 42.4 Å². The Hall–Kier alpha value is -3.94. The Balaban J connectivity index is 1.39. The van der Waals surface area contributed by atoms with Gasteiger partial charge >= 0.3 is 5.97 Å². The number of amides is 1. The van der Waals surface area contributed by atoms with Crippen LogP contribution in [0.5, 0.6) is 0 Å². The van der Waals surface area contributed by atoms with E-state index in [1.807, 2.05) is 24.3 Å². The molecule has 2 atom stereocenters. The Morgan fingerprint density at radius 2 is 2.00 bits per heavy atom. The second kappa shape index (κ2) is 8.90. The van der Waals surface area contributed by atoms with Gasteiger partial charge in [0.2, 0.25) is 0 Å². The largest absolute Gasteiger partial charge is 0.467 e. The van der Waals surface area contributed by atoms with Gasteiger partial charge < -0.3 is 13.6 Å². The first-order chi connectivity index (χ1) is 16.1. The maximum absolute atomic E-state index is 13.4. The molecule has 0 saturated heterocycles. The molecule has 1 saturated carbocycles. The number of fused-ring (bicyclic) bond motifs is 1. The lowest BCUT2D eigenvalue weighted by atomic mass is 9.79. The molecule has 168 valence electrons. The number of carbonyl (C=O) groups excluding carboxylic acids is 2. The van der Waals surface area contributed by atoms with E-state index < -0.39 is 30.3 Å². The van der Waals surface area contributed by atoms with Gasteiger partial charge in [0.25, 0.3) is 5.91 Å². The van der Waals surface area contributed by atoms with Gasteiger partial charge in [-0.25, -0.2) is 14.2 Å². The Kier molecular flexibility index (Phi) is 5.64. The third-order valence-electron chi connectivity index (χ3n) is 5.84. The minimum absolute atomic E-state index is 0.0375. The van der Waals surface area contributed by atoms with Crippen LogP contribution in [0, 0.1) is 11.7 Å². The average Bonchev–Trinajstić information content (AvgIpc) is 3.58. The van der Waals surface area contributed by atoms with E-state index in [2.05, 4.69) is 5.10 Å². The number of allylic oxidation sites excluding steroid dienone is 1. The number of ether oxygens (including phenoxy) is 1. The average molecular weight is 448 g/mol. The first kappa shape index (κ1) is 20.9. The summed E-state index contributed by atoms with van der Waals surface area (Å²) in [7, 11) is 0. The predicted molar refractivity (Wildman–Crippen MR) is 116 cm³/mol. The Morgan fingerprint density at radius 1 is 1.15 bits per heavy atom. The highest BCUT2D eigenvalue weighted by Crippen LogP contribution is 2.44. The minimum Gasteiger partial charge on any atom is -0.467 e. The molecule has 5 rings (SSSR count). The van der Waals surface area contributed by atoms with Crippen LogP contribution < -0.4 is 0 Å². The van der Waals surface area contributed by atoms with Crippen LogP contribution in [0.25, 0.3) is 6.08 Å². The molecule has 1 aliphatic heterocycles. The number of hydrogen-bond acceptors (Lipinski definition) is 6. The lowest BCUT2D eigenvalue weighted by Gasteiger charge is -2.27. The number of hydrogen-bond donors (Lipinski definition) is 0. The maximum atomic E-state index is 13.4. The number of hydrazone groups is 1. The first-order valence-corrected chi connectivity index (χ1v) is 10.7. The van der Waals surface area contributed by atoms with Gasteiger partial charge in [0.05, 0.1) is 23.8 Å². The normalized spacial score (nSPS) is 21.1. The van der Waals surface area contributed by atoms with Crippen LogP contribution in [0.3, 0.4) is 0 Å². The van der Waals surface area contributed by atoms with Crippen LogP contribution in [0.2, 0.25) is 0 Å². The highest BCUT2D eigenvalue weighted by molar-refractivity contribution is 6.08. The minimum atomic E-state index is -0.778. The van der Waals surface area contributed by atoms with Crippen molar-refractivity contribution >= 4 is 23.7 Å². The molecule has 3 aromatic rings. The zero-order valence-corrected chi connectivity index (χ0v) is 17.6. The van der Waals surface area contributed by atoms with Gasteiger partial charge in [0.1, 0.15) is 23.4 Å². The Labute approximate surface area is 189 Å². The molecule has 2 unspecified atom stereocenters. The SMILES string of the molecule is O=C(OCC(=O)N1N=C2C(=Cc3ccco3)CCCC2C1c1ccco1)c1cccc(F)c1. The van der Waals surface area contributed by atoms with Crippen molar-refractivity contribution < 1.29 is 27.6 Å². The molecule has 1 amide bonds. The van der Waals surface area contributed by atoms with Crippen LogP contribution in [0.4, 0.5) is 4.39 Å². The summed E-state index contributed by atoms with van der Waals surface area (Å²) in [6.45, 7) is -0.521. The monoisotopic (exact) mass is 448 g/mol. The molecule has 2 aliphatic rings. The summed E-state index contributed by atoms with van der Waals surface area (Å²) in [4.78, 5) is 25.4. The molecule has 8 heteroatoms. The van der Waals surface area contributed by atoms with E-state index in [4.69, 9.17) is 13.6 Å². The molecular weight excluding hydrogens is 427 g/mol. The van der Waals surface area contributed by atoms with E-state index in [1.54, 1.807) is 18.6 Å². The second-order valence-corrected chi connectivity index (χ2v) is 7.95. The summed E-state index contributed by atoms with van der Waals surface area (Å²) in [6, 6.07) is 12.0. The summed E-state index contributed by atoms with van der Waals surface area (Å²) in [6.07, 6.45) is 7.70. The molecule has 3 heterocycles. The molecule has 0 N–H and O–H groups in total. The first-order valence-electron chi connectivity index (χ1n) is 10.7. The fourth-order valence-electron chi connectivity index (χ4n) is 4.38. The van der Waals surface area contributed by atoms with E-state index in [9.17, 15) is 14.0 Å². The summed E-state index contributed by atoms with van der Waals surface area (Å²) < 4.78 is 29.7. The van der Waals surface area contributed by atoms with Crippen molar-refractivity contribution in [1.82, 2.24) is 5.01 Å². The van der Waals surface area contributed by atoms with E-state index in [-0.39, 0.29) is 11.5 Å². The number of halogens is 1. The van der Waals surface area contributed by atoms with Crippen molar-refractivity contribution in [3.05, 3.63) is 89.5 Å². The lowest BCUT2D eigenvalue weighted by Crippen LogP contribution is -2.34.